The van der Waals surface area contributed by atoms with Crippen molar-refractivity contribution in [2.24, 2.45) is 28.1 Å². The summed E-state index contributed by atoms with van der Waals surface area (Å²) in [5.74, 6) is -4.95. The van der Waals surface area contributed by atoms with E-state index in [-0.39, 0.29) is 18.4 Å². The molecule has 10 nitrogen and oxygen atoms in total. The van der Waals surface area contributed by atoms with Gasteiger partial charge in [-0.05, 0) is 37.8 Å². The number of allylic oxidation sites excluding steroid dienone is 1. The van der Waals surface area contributed by atoms with Gasteiger partial charge in [0.1, 0.15) is 12.2 Å². The van der Waals surface area contributed by atoms with Crippen LogP contribution in [0, 0.1) is 28.1 Å². The van der Waals surface area contributed by atoms with Crippen LogP contribution in [0.25, 0.3) is 0 Å². The van der Waals surface area contributed by atoms with Crippen molar-refractivity contribution in [2.45, 2.75) is 90.5 Å². The molecule has 10 atom stereocenters. The lowest BCUT2D eigenvalue weighted by atomic mass is 9.39. The van der Waals surface area contributed by atoms with Gasteiger partial charge in [-0.1, -0.05) is 45.0 Å². The number of aliphatic hydroxyl groups excluding tert-OH is 2. The molecule has 0 radical (unpaired) electrons. The van der Waals surface area contributed by atoms with Gasteiger partial charge in [0.25, 0.3) is 0 Å². The number of fused-ring (bicyclic) bond motifs is 3. The summed E-state index contributed by atoms with van der Waals surface area (Å²) < 4.78 is 17.6. The molecule has 1 aromatic carbocycles. The molecule has 3 saturated carbocycles. The zero-order chi connectivity index (χ0) is 30.7. The first-order valence-electron chi connectivity index (χ1n) is 13.8. The molecule has 4 rings (SSSR count). The minimum atomic E-state index is -2.45. The molecule has 3 fully saturated rings. The van der Waals surface area contributed by atoms with Gasteiger partial charge in [-0.25, -0.2) is 4.79 Å². The fraction of sp³-hybridized carbons (Fsp3) is 0.613. The van der Waals surface area contributed by atoms with Crippen LogP contribution in [0.15, 0.2) is 43.0 Å². The number of carbonyl (C=O) groups excluding carboxylic acids is 4. The van der Waals surface area contributed by atoms with Crippen molar-refractivity contribution in [1.29, 1.82) is 0 Å². The molecule has 0 aliphatic heterocycles. The predicted molar refractivity (Wildman–Crippen MR) is 145 cm³/mol. The highest BCUT2D eigenvalue weighted by molar-refractivity contribution is 5.96. The SMILES string of the molecule is C=C[C@@]1(C)C[C@@H](O)[C@H]2[C@](O)(C1=O)[C@H](O)C[C@H]1C(C)(C)[C@H](OC(C)=O)[C@@H](OC(C)=O)[C@H](OC(=O)c3ccccc3)[C@@]12C. The molecule has 0 saturated heterocycles. The molecule has 0 spiro atoms. The molecular formula is C31H40O10. The second-order valence-corrected chi connectivity index (χ2v) is 12.8. The molecule has 0 bridgehead atoms. The first-order chi connectivity index (χ1) is 19.0. The second-order valence-electron chi connectivity index (χ2n) is 12.8. The van der Waals surface area contributed by atoms with E-state index < -0.39 is 87.9 Å². The maximum Gasteiger partial charge on any atom is 0.338 e. The minimum absolute atomic E-state index is 0.108. The van der Waals surface area contributed by atoms with Crippen molar-refractivity contribution in [3.8, 4) is 0 Å². The number of carbonyl (C=O) groups is 4. The second kappa shape index (κ2) is 10.3. The van der Waals surface area contributed by atoms with Crippen molar-refractivity contribution in [3.63, 3.8) is 0 Å². The van der Waals surface area contributed by atoms with Crippen molar-refractivity contribution < 1.29 is 48.7 Å². The smallest absolute Gasteiger partial charge is 0.338 e. The van der Waals surface area contributed by atoms with Crippen LogP contribution in [0.1, 0.15) is 64.7 Å². The number of esters is 3. The fourth-order valence-electron chi connectivity index (χ4n) is 8.11. The quantitative estimate of drug-likeness (QED) is 0.272. The molecule has 224 valence electrons. The van der Waals surface area contributed by atoms with Gasteiger partial charge >= 0.3 is 17.9 Å². The number of hydrogen-bond donors (Lipinski definition) is 3. The third kappa shape index (κ3) is 4.60. The van der Waals surface area contributed by atoms with Gasteiger partial charge in [0.05, 0.1) is 17.8 Å². The number of hydrogen-bond acceptors (Lipinski definition) is 10. The van der Waals surface area contributed by atoms with Gasteiger partial charge in [-0.3, -0.25) is 14.4 Å². The van der Waals surface area contributed by atoms with Gasteiger partial charge in [-0.2, -0.15) is 0 Å². The van der Waals surface area contributed by atoms with Crippen LogP contribution in [-0.4, -0.2) is 75.1 Å². The van der Waals surface area contributed by atoms with Crippen molar-refractivity contribution >= 4 is 23.7 Å². The largest absolute Gasteiger partial charge is 0.458 e. The summed E-state index contributed by atoms with van der Waals surface area (Å²) in [5.41, 5.74) is -6.12. The van der Waals surface area contributed by atoms with E-state index >= 15 is 0 Å². The van der Waals surface area contributed by atoms with Gasteiger partial charge in [-0.15, -0.1) is 6.58 Å². The summed E-state index contributed by atoms with van der Waals surface area (Å²) in [6.07, 6.45) is -5.79. The summed E-state index contributed by atoms with van der Waals surface area (Å²) in [5, 5.41) is 35.3. The molecule has 0 amide bonds. The highest BCUT2D eigenvalue weighted by Crippen LogP contribution is 2.67. The Morgan fingerprint density at radius 1 is 0.951 bits per heavy atom. The van der Waals surface area contributed by atoms with E-state index in [0.717, 1.165) is 6.92 Å². The highest BCUT2D eigenvalue weighted by Gasteiger charge is 2.77. The Kier molecular flexibility index (Phi) is 7.77. The lowest BCUT2D eigenvalue weighted by molar-refractivity contribution is -0.313. The van der Waals surface area contributed by atoms with Gasteiger partial charge in [0.2, 0.25) is 0 Å². The number of rotatable bonds is 5. The summed E-state index contributed by atoms with van der Waals surface area (Å²) in [4.78, 5) is 52.2. The first-order valence-corrected chi connectivity index (χ1v) is 13.8. The molecule has 1 aromatic rings. The molecule has 3 N–H and O–H groups in total. The van der Waals surface area contributed by atoms with Crippen LogP contribution < -0.4 is 0 Å². The van der Waals surface area contributed by atoms with E-state index in [4.69, 9.17) is 14.2 Å². The van der Waals surface area contributed by atoms with E-state index in [2.05, 4.69) is 6.58 Å². The number of ether oxygens (including phenoxy) is 3. The first kappa shape index (κ1) is 30.9. The highest BCUT2D eigenvalue weighted by atomic mass is 16.6. The predicted octanol–water partition coefficient (Wildman–Crippen LogP) is 2.38. The van der Waals surface area contributed by atoms with E-state index in [1.165, 1.54) is 32.1 Å². The Morgan fingerprint density at radius 3 is 2.07 bits per heavy atom. The molecule has 41 heavy (non-hydrogen) atoms. The third-order valence-electron chi connectivity index (χ3n) is 9.89. The standard InChI is InChI=1S/C31H40O10/c1-8-29(6)15-19(34)23-30(7)20(14-21(35)31(23,38)27(29)37)28(4,5)24(40-17(3)33)22(39-16(2)32)25(30)41-26(36)18-12-10-9-11-13-18/h8-13,19-25,34-35,38H,1,14-15H2,2-7H3/t19-,20+,21-,22-,23-,24-,25+,29+,30+,31+/m1/s1. The van der Waals surface area contributed by atoms with Crippen LogP contribution in [0.2, 0.25) is 0 Å². The van der Waals surface area contributed by atoms with Crippen LogP contribution in [-0.2, 0) is 28.6 Å². The summed E-state index contributed by atoms with van der Waals surface area (Å²) >= 11 is 0. The van der Waals surface area contributed by atoms with Crippen LogP contribution in [0.4, 0.5) is 0 Å². The average molecular weight is 573 g/mol. The number of Topliss-reactive ketones (excluding diaryl/α,β-unsaturated/α-hetero) is 1. The monoisotopic (exact) mass is 572 g/mol. The van der Waals surface area contributed by atoms with Gasteiger partial charge < -0.3 is 29.5 Å². The molecular weight excluding hydrogens is 532 g/mol. The average Bonchev–Trinajstić information content (AvgIpc) is 2.89. The lowest BCUT2D eigenvalue weighted by Gasteiger charge is -2.68. The molecule has 10 heteroatoms. The third-order valence-corrected chi connectivity index (χ3v) is 9.89. The molecule has 3 aliphatic rings. The zero-order valence-corrected chi connectivity index (χ0v) is 24.3. The van der Waals surface area contributed by atoms with Crippen LogP contribution >= 0.6 is 0 Å². The van der Waals surface area contributed by atoms with Gasteiger partial charge in [0.15, 0.2) is 17.5 Å². The van der Waals surface area contributed by atoms with Crippen LogP contribution in [0.5, 0.6) is 0 Å². The van der Waals surface area contributed by atoms with Crippen molar-refractivity contribution in [2.75, 3.05) is 0 Å². The Morgan fingerprint density at radius 2 is 1.54 bits per heavy atom. The normalized spacial score (nSPS) is 41.3. The Labute approximate surface area is 239 Å². The summed E-state index contributed by atoms with van der Waals surface area (Å²) in [7, 11) is 0. The molecule has 0 unspecified atom stereocenters. The molecule has 0 aromatic heterocycles. The van der Waals surface area contributed by atoms with Crippen molar-refractivity contribution in [1.82, 2.24) is 0 Å². The number of aliphatic hydroxyl groups is 3. The zero-order valence-electron chi connectivity index (χ0n) is 24.3. The van der Waals surface area contributed by atoms with E-state index in [0.29, 0.717) is 0 Å². The summed E-state index contributed by atoms with van der Waals surface area (Å²) in [6.45, 7) is 12.8. The maximum absolute atomic E-state index is 13.9. The molecule has 0 heterocycles. The minimum Gasteiger partial charge on any atom is -0.458 e. The summed E-state index contributed by atoms with van der Waals surface area (Å²) in [6, 6.07) is 8.08. The number of benzene rings is 1. The van der Waals surface area contributed by atoms with Gasteiger partial charge in [0, 0.05) is 36.0 Å². The van der Waals surface area contributed by atoms with E-state index in [1.807, 2.05) is 0 Å². The molecule has 3 aliphatic carbocycles. The Hall–Kier alpha value is -3.08. The lowest BCUT2D eigenvalue weighted by Crippen LogP contribution is -2.80. The van der Waals surface area contributed by atoms with Crippen LogP contribution in [0.3, 0.4) is 0 Å². The number of ketones is 1. The fourth-order valence-corrected chi connectivity index (χ4v) is 8.11. The Bertz CT molecular complexity index is 1240. The Balaban J connectivity index is 1.98. The maximum atomic E-state index is 13.9. The van der Waals surface area contributed by atoms with Crippen molar-refractivity contribution in [3.05, 3.63) is 48.6 Å². The topological polar surface area (TPSA) is 157 Å². The van der Waals surface area contributed by atoms with E-state index in [1.54, 1.807) is 39.0 Å². The van der Waals surface area contributed by atoms with E-state index in [9.17, 15) is 34.5 Å².